The maximum atomic E-state index is 12.7. The Morgan fingerprint density at radius 3 is 2.39 bits per heavy atom. The number of methoxy groups -OCH3 is 1. The van der Waals surface area contributed by atoms with Crippen LogP contribution in [0.1, 0.15) is 31.4 Å². The van der Waals surface area contributed by atoms with Gasteiger partial charge in [-0.25, -0.2) is 8.42 Å². The van der Waals surface area contributed by atoms with Gasteiger partial charge in [0.25, 0.3) is 0 Å². The summed E-state index contributed by atoms with van der Waals surface area (Å²) in [6.45, 7) is 2.94. The number of sulfonamides is 1. The summed E-state index contributed by atoms with van der Waals surface area (Å²) in [5, 5.41) is 0. The van der Waals surface area contributed by atoms with Crippen molar-refractivity contribution < 1.29 is 31.1 Å². The summed E-state index contributed by atoms with van der Waals surface area (Å²) in [6.07, 6.45) is -4.43. The first-order chi connectivity index (χ1) is 10.4. The van der Waals surface area contributed by atoms with Crippen LogP contribution in [0, 0.1) is 0 Å². The molecule has 1 N–H and O–H groups in total. The van der Waals surface area contributed by atoms with E-state index in [2.05, 4.69) is 9.46 Å². The van der Waals surface area contributed by atoms with E-state index in [0.717, 1.165) is 25.3 Å². The van der Waals surface area contributed by atoms with Crippen LogP contribution >= 0.6 is 0 Å². The zero-order chi connectivity index (χ0) is 17.9. The van der Waals surface area contributed by atoms with Crippen LogP contribution in [-0.2, 0) is 31.5 Å². The predicted molar refractivity (Wildman–Crippen MR) is 77.9 cm³/mol. The quantitative estimate of drug-likeness (QED) is 0.798. The minimum absolute atomic E-state index is 0.0318. The number of alkyl halides is 3. The van der Waals surface area contributed by atoms with Crippen LogP contribution in [0.5, 0.6) is 0 Å². The minimum atomic E-state index is -4.56. The van der Waals surface area contributed by atoms with E-state index in [9.17, 15) is 26.4 Å². The number of nitrogens with one attached hydrogen (secondary N) is 1. The Morgan fingerprint density at radius 2 is 1.91 bits per heavy atom. The lowest BCUT2D eigenvalue weighted by molar-refractivity contribution is -0.147. The normalized spacial score (nSPS) is 15.0. The lowest BCUT2D eigenvalue weighted by Gasteiger charge is -2.26. The molecule has 23 heavy (non-hydrogen) atoms. The average molecular weight is 353 g/mol. The predicted octanol–water partition coefficient (Wildman–Crippen LogP) is 2.47. The molecule has 0 fully saturated rings. The standard InChI is InChI=1S/C14H18F3NO4S/c1-4-13(2,12(19)22-3)18-23(20,21)9-10-6-5-7-11(8-10)14(15,16)17/h5-8,18H,4,9H2,1-3H3. The van der Waals surface area contributed by atoms with Gasteiger partial charge in [-0.15, -0.1) is 0 Å². The summed E-state index contributed by atoms with van der Waals surface area (Å²) in [5.41, 5.74) is -2.44. The lowest BCUT2D eigenvalue weighted by Crippen LogP contribution is -2.52. The van der Waals surface area contributed by atoms with Crippen molar-refractivity contribution in [2.24, 2.45) is 0 Å². The van der Waals surface area contributed by atoms with Crippen molar-refractivity contribution in [1.29, 1.82) is 0 Å². The molecule has 1 unspecified atom stereocenters. The van der Waals surface area contributed by atoms with E-state index >= 15 is 0 Å². The Balaban J connectivity index is 3.02. The molecule has 0 saturated heterocycles. The zero-order valence-corrected chi connectivity index (χ0v) is 13.7. The van der Waals surface area contributed by atoms with E-state index in [1.165, 1.54) is 13.0 Å². The summed E-state index contributed by atoms with van der Waals surface area (Å²) in [6, 6.07) is 4.03. The van der Waals surface area contributed by atoms with Gasteiger partial charge in [0.1, 0.15) is 5.54 Å². The number of carbonyl (C=O) groups excluding carboxylic acids is 1. The molecule has 0 aromatic heterocycles. The molecule has 1 aromatic carbocycles. The number of rotatable bonds is 6. The third-order valence-electron chi connectivity index (χ3n) is 3.33. The van der Waals surface area contributed by atoms with E-state index in [1.54, 1.807) is 6.92 Å². The van der Waals surface area contributed by atoms with Crippen LogP contribution in [0.4, 0.5) is 13.2 Å². The molecular weight excluding hydrogens is 335 g/mol. The van der Waals surface area contributed by atoms with Gasteiger partial charge in [-0.3, -0.25) is 4.79 Å². The first-order valence-corrected chi connectivity index (χ1v) is 8.35. The van der Waals surface area contributed by atoms with Crippen LogP contribution in [0.2, 0.25) is 0 Å². The Labute approximate surface area is 132 Å². The molecule has 0 aliphatic heterocycles. The van der Waals surface area contributed by atoms with Crippen LogP contribution in [0.15, 0.2) is 24.3 Å². The van der Waals surface area contributed by atoms with Gasteiger partial charge >= 0.3 is 12.1 Å². The van der Waals surface area contributed by atoms with Crippen LogP contribution in [-0.4, -0.2) is 27.0 Å². The zero-order valence-electron chi connectivity index (χ0n) is 12.9. The molecule has 1 aromatic rings. The Bertz CT molecular complexity index is 673. The molecular formula is C14H18F3NO4S. The smallest absolute Gasteiger partial charge is 0.416 e. The summed E-state index contributed by atoms with van der Waals surface area (Å²) in [7, 11) is -2.92. The SMILES string of the molecule is CCC(C)(NS(=O)(=O)Cc1cccc(C(F)(F)F)c1)C(=O)OC. The van der Waals surface area contributed by atoms with Crippen LogP contribution in [0.3, 0.4) is 0 Å². The van der Waals surface area contributed by atoms with Gasteiger partial charge in [0.2, 0.25) is 10.0 Å². The topological polar surface area (TPSA) is 72.5 Å². The van der Waals surface area contributed by atoms with Crippen molar-refractivity contribution >= 4 is 16.0 Å². The fraction of sp³-hybridized carbons (Fsp3) is 0.500. The number of hydrogen-bond donors (Lipinski definition) is 1. The van der Waals surface area contributed by atoms with E-state index in [4.69, 9.17) is 0 Å². The van der Waals surface area contributed by atoms with Crippen molar-refractivity contribution in [2.45, 2.75) is 37.7 Å². The van der Waals surface area contributed by atoms with Gasteiger partial charge in [-0.1, -0.05) is 25.1 Å². The second-order valence-electron chi connectivity index (χ2n) is 5.24. The van der Waals surface area contributed by atoms with Crippen LogP contribution in [0.25, 0.3) is 0 Å². The van der Waals surface area contributed by atoms with Gasteiger partial charge in [0.05, 0.1) is 18.4 Å². The molecule has 0 spiro atoms. The van der Waals surface area contributed by atoms with Crippen molar-refractivity contribution in [2.75, 3.05) is 7.11 Å². The van der Waals surface area contributed by atoms with Crippen molar-refractivity contribution in [3.63, 3.8) is 0 Å². The van der Waals surface area contributed by atoms with Gasteiger partial charge in [-0.05, 0) is 25.0 Å². The summed E-state index contributed by atoms with van der Waals surface area (Å²) in [5.74, 6) is -1.45. The highest BCUT2D eigenvalue weighted by Crippen LogP contribution is 2.30. The summed E-state index contributed by atoms with van der Waals surface area (Å²) in [4.78, 5) is 11.7. The van der Waals surface area contributed by atoms with E-state index in [0.29, 0.717) is 0 Å². The number of halogens is 3. The second kappa shape index (κ2) is 6.88. The molecule has 0 aliphatic carbocycles. The first kappa shape index (κ1) is 19.4. The van der Waals surface area contributed by atoms with Gasteiger partial charge in [0, 0.05) is 0 Å². The number of ether oxygens (including phenoxy) is 1. The molecule has 5 nitrogen and oxygen atoms in total. The molecule has 1 atom stereocenters. The average Bonchev–Trinajstić information content (AvgIpc) is 2.44. The Morgan fingerprint density at radius 1 is 1.30 bits per heavy atom. The molecule has 0 aliphatic rings. The van der Waals surface area contributed by atoms with Crippen molar-refractivity contribution in [3.05, 3.63) is 35.4 Å². The molecule has 0 bridgehead atoms. The summed E-state index contributed by atoms with van der Waals surface area (Å²) >= 11 is 0. The molecule has 0 radical (unpaired) electrons. The van der Waals surface area contributed by atoms with Crippen molar-refractivity contribution in [1.82, 2.24) is 4.72 Å². The molecule has 0 heterocycles. The highest BCUT2D eigenvalue weighted by atomic mass is 32.2. The monoisotopic (exact) mass is 353 g/mol. The highest BCUT2D eigenvalue weighted by Gasteiger charge is 2.37. The molecule has 1 rings (SSSR count). The maximum absolute atomic E-state index is 12.7. The fourth-order valence-corrected chi connectivity index (χ4v) is 3.52. The third-order valence-corrected chi connectivity index (χ3v) is 4.81. The van der Waals surface area contributed by atoms with Gasteiger partial charge < -0.3 is 4.74 Å². The highest BCUT2D eigenvalue weighted by molar-refractivity contribution is 7.88. The van der Waals surface area contributed by atoms with E-state index < -0.39 is 39.0 Å². The van der Waals surface area contributed by atoms with Gasteiger partial charge in [-0.2, -0.15) is 17.9 Å². The maximum Gasteiger partial charge on any atom is 0.416 e. The van der Waals surface area contributed by atoms with E-state index in [1.807, 2.05) is 0 Å². The summed E-state index contributed by atoms with van der Waals surface area (Å²) < 4.78 is 69.0. The number of carbonyl (C=O) groups is 1. The molecule has 0 amide bonds. The number of benzene rings is 1. The van der Waals surface area contributed by atoms with E-state index in [-0.39, 0.29) is 12.0 Å². The minimum Gasteiger partial charge on any atom is -0.468 e. The largest absolute Gasteiger partial charge is 0.468 e. The third kappa shape index (κ3) is 5.21. The second-order valence-corrected chi connectivity index (χ2v) is 6.96. The fourth-order valence-electron chi connectivity index (χ4n) is 1.92. The van der Waals surface area contributed by atoms with Crippen molar-refractivity contribution in [3.8, 4) is 0 Å². The van der Waals surface area contributed by atoms with Crippen LogP contribution < -0.4 is 4.72 Å². The molecule has 0 saturated carbocycles. The molecule has 9 heteroatoms. The molecule has 130 valence electrons. The number of hydrogen-bond acceptors (Lipinski definition) is 4. The lowest BCUT2D eigenvalue weighted by atomic mass is 10.0. The first-order valence-electron chi connectivity index (χ1n) is 6.70. The Hall–Kier alpha value is -1.61. The Kier molecular flexibility index (Phi) is 5.81. The number of esters is 1. The van der Waals surface area contributed by atoms with Gasteiger partial charge in [0.15, 0.2) is 0 Å².